The minimum Gasteiger partial charge on any atom is -0.491 e. The van der Waals surface area contributed by atoms with Crippen LogP contribution in [0.2, 0.25) is 0 Å². The van der Waals surface area contributed by atoms with Gasteiger partial charge in [0, 0.05) is 29.9 Å². The lowest BCUT2D eigenvalue weighted by Gasteiger charge is -2.15. The highest BCUT2D eigenvalue weighted by Gasteiger charge is 2.19. The number of ether oxygens (including phenoxy) is 1. The van der Waals surface area contributed by atoms with Gasteiger partial charge in [0.2, 0.25) is 0 Å². The molecule has 0 aliphatic carbocycles. The summed E-state index contributed by atoms with van der Waals surface area (Å²) in [5.74, 6) is 0.534. The van der Waals surface area contributed by atoms with Crippen molar-refractivity contribution in [2.75, 3.05) is 18.4 Å². The molecule has 5 heteroatoms. The van der Waals surface area contributed by atoms with Crippen molar-refractivity contribution >= 4 is 17.5 Å². The summed E-state index contributed by atoms with van der Waals surface area (Å²) < 4.78 is 5.77. The summed E-state index contributed by atoms with van der Waals surface area (Å²) >= 11 is 0. The Hall–Kier alpha value is -2.82. The van der Waals surface area contributed by atoms with E-state index in [4.69, 9.17) is 4.74 Å². The molecule has 2 aromatic carbocycles. The van der Waals surface area contributed by atoms with Gasteiger partial charge < -0.3 is 15.0 Å². The van der Waals surface area contributed by atoms with Crippen molar-refractivity contribution < 1.29 is 14.3 Å². The minimum atomic E-state index is -0.205. The fourth-order valence-corrected chi connectivity index (χ4v) is 3.03. The summed E-state index contributed by atoms with van der Waals surface area (Å²) in [5.41, 5.74) is 1.85. The SMILES string of the molecule is CCC(C)Oc1cccc(C(=O)Nc2ccc(C(=O)N3CCCC3)cc2)c1. The van der Waals surface area contributed by atoms with Crippen molar-refractivity contribution in [3.63, 3.8) is 0 Å². The van der Waals surface area contributed by atoms with Crippen LogP contribution in [0.15, 0.2) is 48.5 Å². The van der Waals surface area contributed by atoms with E-state index in [-0.39, 0.29) is 17.9 Å². The molecular formula is C22H26N2O3. The molecule has 3 rings (SSSR count). The van der Waals surface area contributed by atoms with Crippen LogP contribution in [0.4, 0.5) is 5.69 Å². The molecule has 27 heavy (non-hydrogen) atoms. The average Bonchev–Trinajstić information content (AvgIpc) is 3.23. The Morgan fingerprint density at radius 2 is 1.78 bits per heavy atom. The minimum absolute atomic E-state index is 0.0558. The Morgan fingerprint density at radius 3 is 2.44 bits per heavy atom. The van der Waals surface area contributed by atoms with Crippen LogP contribution in [-0.4, -0.2) is 35.9 Å². The van der Waals surface area contributed by atoms with Gasteiger partial charge in [0.1, 0.15) is 5.75 Å². The van der Waals surface area contributed by atoms with Crippen LogP contribution in [0, 0.1) is 0 Å². The molecule has 1 saturated heterocycles. The molecule has 1 N–H and O–H groups in total. The van der Waals surface area contributed by atoms with E-state index in [1.54, 1.807) is 36.4 Å². The Kier molecular flexibility index (Phi) is 6.12. The average molecular weight is 366 g/mol. The topological polar surface area (TPSA) is 58.6 Å². The van der Waals surface area contributed by atoms with Gasteiger partial charge in [-0.3, -0.25) is 9.59 Å². The smallest absolute Gasteiger partial charge is 0.255 e. The first-order valence-corrected chi connectivity index (χ1v) is 9.54. The third kappa shape index (κ3) is 4.88. The van der Waals surface area contributed by atoms with Crippen LogP contribution < -0.4 is 10.1 Å². The van der Waals surface area contributed by atoms with E-state index in [1.807, 2.05) is 24.0 Å². The molecule has 1 heterocycles. The molecule has 1 atom stereocenters. The van der Waals surface area contributed by atoms with Crippen LogP contribution >= 0.6 is 0 Å². The number of hydrogen-bond acceptors (Lipinski definition) is 3. The van der Waals surface area contributed by atoms with Gasteiger partial charge in [-0.1, -0.05) is 13.0 Å². The normalized spacial score (nSPS) is 14.7. The number of anilines is 1. The number of amides is 2. The molecule has 0 radical (unpaired) electrons. The second kappa shape index (κ2) is 8.71. The molecule has 5 nitrogen and oxygen atoms in total. The fourth-order valence-electron chi connectivity index (χ4n) is 3.03. The van der Waals surface area contributed by atoms with Crippen LogP contribution in [0.25, 0.3) is 0 Å². The zero-order chi connectivity index (χ0) is 19.2. The van der Waals surface area contributed by atoms with Gasteiger partial charge in [-0.15, -0.1) is 0 Å². The van der Waals surface area contributed by atoms with Crippen molar-refractivity contribution in [1.29, 1.82) is 0 Å². The first kappa shape index (κ1) is 19.0. The van der Waals surface area contributed by atoms with Crippen LogP contribution in [-0.2, 0) is 0 Å². The summed E-state index contributed by atoms with van der Waals surface area (Å²) in [6.07, 6.45) is 3.14. The molecule has 0 saturated carbocycles. The summed E-state index contributed by atoms with van der Waals surface area (Å²) in [4.78, 5) is 26.8. The van der Waals surface area contributed by atoms with Gasteiger partial charge in [0.15, 0.2) is 0 Å². The molecule has 142 valence electrons. The maximum Gasteiger partial charge on any atom is 0.255 e. The molecule has 0 spiro atoms. The number of likely N-dealkylation sites (tertiary alicyclic amines) is 1. The Labute approximate surface area is 160 Å². The van der Waals surface area contributed by atoms with E-state index in [9.17, 15) is 9.59 Å². The van der Waals surface area contributed by atoms with Gasteiger partial charge in [-0.2, -0.15) is 0 Å². The first-order chi connectivity index (χ1) is 13.1. The number of rotatable bonds is 6. The van der Waals surface area contributed by atoms with Gasteiger partial charge >= 0.3 is 0 Å². The molecule has 2 amide bonds. The molecule has 2 aromatic rings. The lowest BCUT2D eigenvalue weighted by Crippen LogP contribution is -2.27. The van der Waals surface area contributed by atoms with Gasteiger partial charge in [0.05, 0.1) is 6.10 Å². The summed E-state index contributed by atoms with van der Waals surface area (Å²) in [7, 11) is 0. The maximum absolute atomic E-state index is 12.5. The van der Waals surface area contributed by atoms with Gasteiger partial charge in [-0.25, -0.2) is 0 Å². The number of nitrogens with one attached hydrogen (secondary N) is 1. The predicted molar refractivity (Wildman–Crippen MR) is 106 cm³/mol. The van der Waals surface area contributed by atoms with Crippen LogP contribution in [0.5, 0.6) is 5.75 Å². The third-order valence-corrected chi connectivity index (χ3v) is 4.79. The number of carbonyl (C=O) groups excluding carboxylic acids is 2. The molecule has 1 aliphatic rings. The Bertz CT molecular complexity index is 795. The lowest BCUT2D eigenvalue weighted by atomic mass is 10.1. The number of benzene rings is 2. The van der Waals surface area contributed by atoms with Gasteiger partial charge in [-0.05, 0) is 68.7 Å². The zero-order valence-electron chi connectivity index (χ0n) is 15.9. The first-order valence-electron chi connectivity index (χ1n) is 9.54. The molecule has 1 aliphatic heterocycles. The van der Waals surface area contributed by atoms with Crippen molar-refractivity contribution in [3.05, 3.63) is 59.7 Å². The van der Waals surface area contributed by atoms with E-state index >= 15 is 0 Å². The summed E-state index contributed by atoms with van der Waals surface area (Å²) in [6.45, 7) is 5.70. The second-order valence-electron chi connectivity index (χ2n) is 6.90. The summed E-state index contributed by atoms with van der Waals surface area (Å²) in [5, 5.41) is 2.87. The predicted octanol–water partition coefficient (Wildman–Crippen LogP) is 4.35. The highest BCUT2D eigenvalue weighted by molar-refractivity contribution is 6.04. The molecule has 1 unspecified atom stereocenters. The zero-order valence-corrected chi connectivity index (χ0v) is 15.9. The third-order valence-electron chi connectivity index (χ3n) is 4.79. The lowest BCUT2D eigenvalue weighted by molar-refractivity contribution is 0.0792. The van der Waals surface area contributed by atoms with E-state index in [0.29, 0.717) is 22.6 Å². The van der Waals surface area contributed by atoms with Crippen LogP contribution in [0.1, 0.15) is 53.8 Å². The van der Waals surface area contributed by atoms with Crippen molar-refractivity contribution in [3.8, 4) is 5.75 Å². The monoisotopic (exact) mass is 366 g/mol. The highest BCUT2D eigenvalue weighted by Crippen LogP contribution is 2.19. The van der Waals surface area contributed by atoms with E-state index in [0.717, 1.165) is 32.4 Å². The van der Waals surface area contributed by atoms with E-state index in [2.05, 4.69) is 12.2 Å². The number of hydrogen-bond donors (Lipinski definition) is 1. The Morgan fingerprint density at radius 1 is 1.07 bits per heavy atom. The van der Waals surface area contributed by atoms with Crippen molar-refractivity contribution in [1.82, 2.24) is 4.90 Å². The van der Waals surface area contributed by atoms with Crippen molar-refractivity contribution in [2.24, 2.45) is 0 Å². The van der Waals surface area contributed by atoms with Gasteiger partial charge in [0.25, 0.3) is 11.8 Å². The van der Waals surface area contributed by atoms with E-state index < -0.39 is 0 Å². The number of carbonyl (C=O) groups is 2. The molecule has 0 bridgehead atoms. The molecule has 0 aromatic heterocycles. The summed E-state index contributed by atoms with van der Waals surface area (Å²) in [6, 6.07) is 14.2. The quantitative estimate of drug-likeness (QED) is 0.827. The van der Waals surface area contributed by atoms with Crippen molar-refractivity contribution in [2.45, 2.75) is 39.2 Å². The molecule has 1 fully saturated rings. The maximum atomic E-state index is 12.5. The number of nitrogens with zero attached hydrogens (tertiary/aromatic N) is 1. The van der Waals surface area contributed by atoms with Crippen LogP contribution in [0.3, 0.4) is 0 Å². The second-order valence-corrected chi connectivity index (χ2v) is 6.90. The Balaban J connectivity index is 1.64. The highest BCUT2D eigenvalue weighted by atomic mass is 16.5. The largest absolute Gasteiger partial charge is 0.491 e. The fraction of sp³-hybridized carbons (Fsp3) is 0.364. The molecular weight excluding hydrogens is 340 g/mol. The standard InChI is InChI=1S/C22H26N2O3/c1-3-16(2)27-20-8-6-7-18(15-20)21(25)23-19-11-9-17(10-12-19)22(26)24-13-4-5-14-24/h6-12,15-16H,3-5,13-14H2,1-2H3,(H,23,25). The van der Waals surface area contributed by atoms with E-state index in [1.165, 1.54) is 0 Å².